The van der Waals surface area contributed by atoms with E-state index in [4.69, 9.17) is 15.6 Å². The Bertz CT molecular complexity index is 2660. The monoisotopic (exact) mass is 950 g/mol. The van der Waals surface area contributed by atoms with Crippen molar-refractivity contribution in [3.05, 3.63) is 89.5 Å². The van der Waals surface area contributed by atoms with Crippen LogP contribution in [-0.4, -0.2) is 136 Å². The number of para-hydroxylation sites is 1. The molecule has 0 radical (unpaired) electrons. The van der Waals surface area contributed by atoms with Crippen LogP contribution < -0.4 is 26.0 Å². The summed E-state index contributed by atoms with van der Waals surface area (Å²) < 4.78 is 8.04. The first kappa shape index (κ1) is 45.7. The van der Waals surface area contributed by atoms with Gasteiger partial charge in [0, 0.05) is 69.5 Å². The third-order valence-electron chi connectivity index (χ3n) is 16.5. The van der Waals surface area contributed by atoms with Gasteiger partial charge in [-0.25, -0.2) is 9.48 Å². The number of piperidine rings is 5. The fourth-order valence-electron chi connectivity index (χ4n) is 12.6. The topological polar surface area (TPSA) is 196 Å². The number of primary amides is 1. The molecule has 7 amide bonds. The van der Waals surface area contributed by atoms with Crippen LogP contribution in [0.3, 0.4) is 0 Å². The molecule has 8 heterocycles. The summed E-state index contributed by atoms with van der Waals surface area (Å²) in [6, 6.07) is 22.5. The number of rotatable bonds is 9. The van der Waals surface area contributed by atoms with E-state index >= 15 is 0 Å². The number of ether oxygens (including phenoxy) is 1. The highest BCUT2D eigenvalue weighted by Crippen LogP contribution is 2.42. The van der Waals surface area contributed by atoms with Crippen LogP contribution in [0.15, 0.2) is 72.8 Å². The van der Waals surface area contributed by atoms with Gasteiger partial charge in [0.25, 0.3) is 17.7 Å². The molecule has 5 fully saturated rings. The first-order valence-corrected chi connectivity index (χ1v) is 25.5. The largest absolute Gasteiger partial charge is 0.457 e. The van der Waals surface area contributed by atoms with Crippen molar-refractivity contribution >= 4 is 47.1 Å². The van der Waals surface area contributed by atoms with Crippen LogP contribution in [0.4, 0.5) is 16.3 Å². The Morgan fingerprint density at radius 1 is 0.657 bits per heavy atom. The predicted octanol–water partition coefficient (Wildman–Crippen LogP) is 6.12. The van der Waals surface area contributed by atoms with Crippen molar-refractivity contribution in [3.63, 3.8) is 0 Å². The molecule has 5 saturated heterocycles. The number of imide groups is 2. The number of urea groups is 1. The molecule has 1 unspecified atom stereocenters. The highest BCUT2D eigenvalue weighted by atomic mass is 16.5. The number of amides is 7. The summed E-state index contributed by atoms with van der Waals surface area (Å²) in [5.41, 5.74) is 9.36. The van der Waals surface area contributed by atoms with Gasteiger partial charge in [-0.3, -0.25) is 34.2 Å². The Morgan fingerprint density at radius 3 is 1.96 bits per heavy atom. The van der Waals surface area contributed by atoms with E-state index in [1.54, 1.807) is 12.1 Å². The summed E-state index contributed by atoms with van der Waals surface area (Å²) in [7, 11) is 0. The maximum absolute atomic E-state index is 13.8. The zero-order chi connectivity index (χ0) is 48.0. The van der Waals surface area contributed by atoms with E-state index in [0.717, 1.165) is 139 Å². The van der Waals surface area contributed by atoms with Gasteiger partial charge in [0.1, 0.15) is 34.6 Å². The Hall–Kier alpha value is -6.75. The Balaban J connectivity index is 0.627. The van der Waals surface area contributed by atoms with E-state index < -0.39 is 35.6 Å². The van der Waals surface area contributed by atoms with Gasteiger partial charge in [-0.05, 0) is 150 Å². The van der Waals surface area contributed by atoms with Crippen molar-refractivity contribution in [2.24, 2.45) is 23.5 Å². The molecule has 1 aromatic heterocycles. The molecule has 3 aromatic carbocycles. The van der Waals surface area contributed by atoms with Gasteiger partial charge < -0.3 is 35.4 Å². The van der Waals surface area contributed by atoms with E-state index in [-0.39, 0.29) is 24.9 Å². The van der Waals surface area contributed by atoms with Gasteiger partial charge in [-0.1, -0.05) is 18.2 Å². The highest BCUT2D eigenvalue weighted by Gasteiger charge is 2.45. The highest BCUT2D eigenvalue weighted by molar-refractivity contribution is 6.23. The summed E-state index contributed by atoms with van der Waals surface area (Å²) in [6.07, 6.45) is 9.28. The number of hydrogen-bond donors (Lipinski definition) is 3. The molecule has 0 spiro atoms. The Labute approximate surface area is 407 Å². The second-order valence-corrected chi connectivity index (χ2v) is 20.3. The zero-order valence-electron chi connectivity index (χ0n) is 39.6. The number of nitrogens with one attached hydrogen (secondary N) is 2. The number of likely N-dealkylation sites (tertiary alicyclic amines) is 3. The molecule has 2 atom stereocenters. The zero-order valence-corrected chi connectivity index (χ0v) is 39.6. The minimum Gasteiger partial charge on any atom is -0.457 e. The van der Waals surface area contributed by atoms with E-state index in [2.05, 4.69) is 30.2 Å². The van der Waals surface area contributed by atoms with Crippen molar-refractivity contribution < 1.29 is 33.5 Å². The van der Waals surface area contributed by atoms with E-state index in [1.165, 1.54) is 0 Å². The van der Waals surface area contributed by atoms with Crippen LogP contribution in [0.25, 0.3) is 11.3 Å². The number of carbonyl (C=O) groups excluding carboxylic acids is 6. The maximum atomic E-state index is 13.8. The molecule has 70 heavy (non-hydrogen) atoms. The van der Waals surface area contributed by atoms with Crippen LogP contribution in [0.5, 0.6) is 11.5 Å². The second-order valence-electron chi connectivity index (χ2n) is 20.3. The molecule has 7 aliphatic heterocycles. The lowest BCUT2D eigenvalue weighted by molar-refractivity contribution is -0.136. The Morgan fingerprint density at radius 2 is 1.29 bits per heavy atom. The van der Waals surface area contributed by atoms with Gasteiger partial charge in [0.2, 0.25) is 11.8 Å². The number of nitrogens with two attached hydrogens (primary N) is 1. The quantitative estimate of drug-likeness (QED) is 0.164. The number of fused-ring (bicyclic) bond motifs is 2. The third-order valence-corrected chi connectivity index (χ3v) is 16.5. The number of hydrogen-bond acceptors (Lipinski definition) is 11. The van der Waals surface area contributed by atoms with E-state index in [9.17, 15) is 28.8 Å². The average Bonchev–Trinajstić information content (AvgIpc) is 3.91. The summed E-state index contributed by atoms with van der Waals surface area (Å²) in [5, 5.41) is 10.8. The van der Waals surface area contributed by atoms with E-state index in [0.29, 0.717) is 57.7 Å². The van der Waals surface area contributed by atoms with Crippen molar-refractivity contribution in [3.8, 4) is 22.8 Å². The number of aromatic nitrogens is 2. The summed E-state index contributed by atoms with van der Waals surface area (Å²) >= 11 is 0. The number of benzene rings is 3. The molecule has 4 N–H and O–H groups in total. The molecular formula is C53H62N10O7. The van der Waals surface area contributed by atoms with Crippen molar-refractivity contribution in [1.29, 1.82) is 0 Å². The van der Waals surface area contributed by atoms with E-state index in [1.807, 2.05) is 65.3 Å². The molecule has 0 bridgehead atoms. The van der Waals surface area contributed by atoms with Crippen LogP contribution >= 0.6 is 0 Å². The van der Waals surface area contributed by atoms with Gasteiger partial charge in [0.05, 0.1) is 17.2 Å². The van der Waals surface area contributed by atoms with Crippen molar-refractivity contribution in [1.82, 2.24) is 34.7 Å². The normalized spacial score (nSPS) is 23.3. The lowest BCUT2D eigenvalue weighted by Gasteiger charge is -2.45. The third kappa shape index (κ3) is 8.77. The molecule has 11 rings (SSSR count). The standard InChI is InChI=1S/C53H62N10O7/c54-48(65)46-47(36-6-9-40(10-7-36)70-39-4-2-1-3-5-39)57-63-43(14-23-55-49(46)63)35-19-26-58(27-20-35)37-21-30-61(31-22-37)53(69)60-28-17-34(18-29-60)33-15-24-59(25-16-33)38-8-11-41-42(32-38)52(68)62(51(41)67)44-12-13-45(64)56-50(44)66/h1-11,32-35,37,43-44,55H,12-31H2,(H2,54,65)(H,56,64,66)/t43-,44?/m0/s1. The summed E-state index contributed by atoms with van der Waals surface area (Å²) in [6.45, 7) is 7.60. The van der Waals surface area contributed by atoms with Crippen LogP contribution in [0, 0.1) is 17.8 Å². The van der Waals surface area contributed by atoms with Gasteiger partial charge >= 0.3 is 6.03 Å². The van der Waals surface area contributed by atoms with Crippen LogP contribution in [-0.2, 0) is 9.59 Å². The summed E-state index contributed by atoms with van der Waals surface area (Å²) in [4.78, 5) is 87.7. The van der Waals surface area contributed by atoms with Crippen molar-refractivity contribution in [2.45, 2.75) is 88.8 Å². The number of carbonyl (C=O) groups is 6. The smallest absolute Gasteiger partial charge is 0.319 e. The molecule has 7 aliphatic rings. The predicted molar refractivity (Wildman–Crippen MR) is 261 cm³/mol. The molecule has 4 aromatic rings. The van der Waals surface area contributed by atoms with Gasteiger partial charge in [-0.2, -0.15) is 5.10 Å². The molecular weight excluding hydrogens is 889 g/mol. The summed E-state index contributed by atoms with van der Waals surface area (Å²) in [5.74, 6) is 1.26. The van der Waals surface area contributed by atoms with Crippen LogP contribution in [0.2, 0.25) is 0 Å². The fourth-order valence-corrected chi connectivity index (χ4v) is 12.6. The van der Waals surface area contributed by atoms with Gasteiger partial charge in [-0.15, -0.1) is 0 Å². The number of anilines is 2. The maximum Gasteiger partial charge on any atom is 0.319 e. The number of nitrogens with zero attached hydrogens (tertiary/aromatic N) is 7. The second kappa shape index (κ2) is 19.2. The van der Waals surface area contributed by atoms with Crippen molar-refractivity contribution in [2.75, 3.05) is 69.1 Å². The van der Waals surface area contributed by atoms with Crippen LogP contribution in [0.1, 0.15) is 108 Å². The SMILES string of the molecule is NC(=O)c1c(-c2ccc(Oc3ccccc3)cc2)nn2c1NCC[C@H]2C1CCN(C2CCN(C(=O)N3CCC(C4CCN(c5ccc6c(c5)C(=O)N(C5CCC(=O)NC5=O)C6=O)CC4)CC3)CC2)CC1. The first-order valence-electron chi connectivity index (χ1n) is 25.5. The fraction of sp³-hybridized carbons (Fsp3) is 0.491. The minimum atomic E-state index is -0.977. The molecule has 0 saturated carbocycles. The lowest BCUT2D eigenvalue weighted by atomic mass is 9.78. The van der Waals surface area contributed by atoms with Gasteiger partial charge in [0.15, 0.2) is 0 Å². The average molecular weight is 951 g/mol. The Kier molecular flexibility index (Phi) is 12.5. The molecule has 17 nitrogen and oxygen atoms in total. The lowest BCUT2D eigenvalue weighted by Crippen LogP contribution is -2.54. The minimum absolute atomic E-state index is 0.0898. The molecule has 17 heteroatoms. The molecule has 366 valence electrons. The first-order chi connectivity index (χ1) is 34.1. The molecule has 0 aliphatic carbocycles.